The van der Waals surface area contributed by atoms with Crippen molar-refractivity contribution in [3.63, 3.8) is 0 Å². The summed E-state index contributed by atoms with van der Waals surface area (Å²) < 4.78 is 12.0. The van der Waals surface area contributed by atoms with Crippen molar-refractivity contribution in [1.82, 2.24) is 0 Å². The number of para-hydroxylation sites is 2. The third kappa shape index (κ3) is 4.71. The van der Waals surface area contributed by atoms with E-state index < -0.39 is 0 Å². The van der Waals surface area contributed by atoms with Crippen LogP contribution in [0.3, 0.4) is 0 Å². The highest BCUT2D eigenvalue weighted by atomic mass is 16.5. The predicted molar refractivity (Wildman–Crippen MR) is 130 cm³/mol. The van der Waals surface area contributed by atoms with Crippen molar-refractivity contribution in [2.75, 3.05) is 0 Å². The first-order valence-corrected chi connectivity index (χ1v) is 10.6. The standard InChI is InChI=1S/C30H22O2/c1-3-11-27(12-4-1)31-29-15-7-9-25(21-29)23-17-19-24(20-18-23)26-10-8-16-30(22-26)32-28-13-5-2-6-14-28/h1-22H. The van der Waals surface area contributed by atoms with E-state index in [4.69, 9.17) is 9.47 Å². The second-order valence-corrected chi connectivity index (χ2v) is 7.46. The molecule has 0 amide bonds. The molecule has 2 heteroatoms. The molecule has 0 spiro atoms. The van der Waals surface area contributed by atoms with Gasteiger partial charge in [0.15, 0.2) is 0 Å². The van der Waals surface area contributed by atoms with Gasteiger partial charge < -0.3 is 9.47 Å². The summed E-state index contributed by atoms with van der Waals surface area (Å²) in [7, 11) is 0. The van der Waals surface area contributed by atoms with Crippen LogP contribution in [0.1, 0.15) is 0 Å². The molecule has 5 rings (SSSR count). The summed E-state index contributed by atoms with van der Waals surface area (Å²) in [5.41, 5.74) is 4.52. The molecule has 5 aromatic rings. The highest BCUT2D eigenvalue weighted by Crippen LogP contribution is 2.31. The summed E-state index contributed by atoms with van der Waals surface area (Å²) >= 11 is 0. The maximum atomic E-state index is 5.98. The first kappa shape index (κ1) is 19.7. The Hall–Kier alpha value is -4.30. The Bertz CT molecular complexity index is 1190. The quantitative estimate of drug-likeness (QED) is 0.277. The normalized spacial score (nSPS) is 10.5. The fourth-order valence-corrected chi connectivity index (χ4v) is 3.58. The van der Waals surface area contributed by atoms with Crippen LogP contribution in [0, 0.1) is 0 Å². The Morgan fingerprint density at radius 1 is 0.281 bits per heavy atom. The van der Waals surface area contributed by atoms with Gasteiger partial charge in [-0.25, -0.2) is 0 Å². The van der Waals surface area contributed by atoms with Gasteiger partial charge in [-0.05, 0) is 70.8 Å². The zero-order valence-electron chi connectivity index (χ0n) is 17.5. The van der Waals surface area contributed by atoms with E-state index in [2.05, 4.69) is 48.5 Å². The van der Waals surface area contributed by atoms with Crippen molar-refractivity contribution >= 4 is 0 Å². The number of ether oxygens (including phenoxy) is 2. The Morgan fingerprint density at radius 2 is 0.656 bits per heavy atom. The van der Waals surface area contributed by atoms with Crippen LogP contribution in [-0.2, 0) is 0 Å². The van der Waals surface area contributed by atoms with Gasteiger partial charge in [0, 0.05) is 0 Å². The molecule has 0 heterocycles. The van der Waals surface area contributed by atoms with Gasteiger partial charge in [0.1, 0.15) is 23.0 Å². The highest BCUT2D eigenvalue weighted by Gasteiger charge is 2.05. The van der Waals surface area contributed by atoms with Crippen molar-refractivity contribution in [3.05, 3.63) is 133 Å². The molecule has 154 valence electrons. The van der Waals surface area contributed by atoms with Crippen LogP contribution in [0.15, 0.2) is 133 Å². The molecule has 0 bridgehead atoms. The van der Waals surface area contributed by atoms with Crippen LogP contribution in [0.4, 0.5) is 0 Å². The summed E-state index contributed by atoms with van der Waals surface area (Å²) in [5, 5.41) is 0. The molecular formula is C30H22O2. The molecule has 0 aromatic heterocycles. The van der Waals surface area contributed by atoms with Crippen LogP contribution in [-0.4, -0.2) is 0 Å². The lowest BCUT2D eigenvalue weighted by Gasteiger charge is -2.10. The van der Waals surface area contributed by atoms with Gasteiger partial charge in [-0.15, -0.1) is 0 Å². The average Bonchev–Trinajstić information content (AvgIpc) is 2.86. The van der Waals surface area contributed by atoms with E-state index in [0.717, 1.165) is 45.3 Å². The summed E-state index contributed by atoms with van der Waals surface area (Å²) in [4.78, 5) is 0. The van der Waals surface area contributed by atoms with E-state index in [9.17, 15) is 0 Å². The average molecular weight is 415 g/mol. The Morgan fingerprint density at radius 3 is 1.06 bits per heavy atom. The molecule has 0 fully saturated rings. The number of rotatable bonds is 6. The molecule has 0 aliphatic rings. The highest BCUT2D eigenvalue weighted by molar-refractivity contribution is 5.71. The third-order valence-corrected chi connectivity index (χ3v) is 5.18. The second-order valence-electron chi connectivity index (χ2n) is 7.46. The number of benzene rings is 5. The minimum absolute atomic E-state index is 0.823. The molecule has 0 saturated heterocycles. The van der Waals surface area contributed by atoms with Crippen molar-refractivity contribution in [2.45, 2.75) is 0 Å². The van der Waals surface area contributed by atoms with E-state index in [1.165, 1.54) is 0 Å². The zero-order chi connectivity index (χ0) is 21.6. The van der Waals surface area contributed by atoms with Crippen molar-refractivity contribution in [2.24, 2.45) is 0 Å². The minimum atomic E-state index is 0.823. The molecule has 32 heavy (non-hydrogen) atoms. The summed E-state index contributed by atoms with van der Waals surface area (Å²) in [5.74, 6) is 3.31. The molecule has 0 aliphatic heterocycles. The van der Waals surface area contributed by atoms with Crippen LogP contribution in [0.2, 0.25) is 0 Å². The van der Waals surface area contributed by atoms with Gasteiger partial charge in [0.05, 0.1) is 0 Å². The van der Waals surface area contributed by atoms with Gasteiger partial charge >= 0.3 is 0 Å². The van der Waals surface area contributed by atoms with Crippen LogP contribution in [0.25, 0.3) is 22.3 Å². The van der Waals surface area contributed by atoms with Crippen molar-refractivity contribution < 1.29 is 9.47 Å². The molecule has 5 aromatic carbocycles. The van der Waals surface area contributed by atoms with Gasteiger partial charge in [0.2, 0.25) is 0 Å². The Balaban J connectivity index is 1.35. The van der Waals surface area contributed by atoms with Gasteiger partial charge in [-0.1, -0.05) is 84.9 Å². The predicted octanol–water partition coefficient (Wildman–Crippen LogP) is 8.61. The third-order valence-electron chi connectivity index (χ3n) is 5.18. The van der Waals surface area contributed by atoms with Crippen LogP contribution in [0.5, 0.6) is 23.0 Å². The number of hydrogen-bond acceptors (Lipinski definition) is 2. The maximum Gasteiger partial charge on any atom is 0.128 e. The van der Waals surface area contributed by atoms with Gasteiger partial charge in [-0.2, -0.15) is 0 Å². The van der Waals surface area contributed by atoms with E-state index in [1.807, 2.05) is 84.9 Å². The first-order valence-electron chi connectivity index (χ1n) is 10.6. The summed E-state index contributed by atoms with van der Waals surface area (Å²) in [6.07, 6.45) is 0. The maximum absolute atomic E-state index is 5.98. The monoisotopic (exact) mass is 414 g/mol. The molecule has 0 saturated carbocycles. The zero-order valence-corrected chi connectivity index (χ0v) is 17.5. The van der Waals surface area contributed by atoms with Gasteiger partial charge in [0.25, 0.3) is 0 Å². The minimum Gasteiger partial charge on any atom is -0.457 e. The lowest BCUT2D eigenvalue weighted by Crippen LogP contribution is -1.86. The lowest BCUT2D eigenvalue weighted by molar-refractivity contribution is 0.482. The molecule has 2 nitrogen and oxygen atoms in total. The Labute approximate surface area is 188 Å². The molecular weight excluding hydrogens is 392 g/mol. The van der Waals surface area contributed by atoms with Crippen LogP contribution < -0.4 is 9.47 Å². The molecule has 0 radical (unpaired) electrons. The fourth-order valence-electron chi connectivity index (χ4n) is 3.58. The second kappa shape index (κ2) is 9.23. The summed E-state index contributed by atoms with van der Waals surface area (Å²) in [6, 6.07) is 44.5. The van der Waals surface area contributed by atoms with E-state index >= 15 is 0 Å². The van der Waals surface area contributed by atoms with E-state index in [1.54, 1.807) is 0 Å². The molecule has 0 unspecified atom stereocenters. The molecule has 0 atom stereocenters. The van der Waals surface area contributed by atoms with Gasteiger partial charge in [-0.3, -0.25) is 0 Å². The van der Waals surface area contributed by atoms with E-state index in [0.29, 0.717) is 0 Å². The van der Waals surface area contributed by atoms with Crippen molar-refractivity contribution in [3.8, 4) is 45.3 Å². The largest absolute Gasteiger partial charge is 0.457 e. The first-order chi connectivity index (χ1) is 15.8. The smallest absolute Gasteiger partial charge is 0.128 e. The van der Waals surface area contributed by atoms with E-state index in [-0.39, 0.29) is 0 Å². The van der Waals surface area contributed by atoms with Crippen LogP contribution >= 0.6 is 0 Å². The SMILES string of the molecule is c1ccc(Oc2cccc(-c3ccc(-c4cccc(Oc5ccccc5)c4)cc3)c2)cc1. The lowest BCUT2D eigenvalue weighted by atomic mass is 10.00. The fraction of sp³-hybridized carbons (Fsp3) is 0. The topological polar surface area (TPSA) is 18.5 Å². The number of hydrogen-bond donors (Lipinski definition) is 0. The Kier molecular flexibility index (Phi) is 5.67. The molecule has 0 N–H and O–H groups in total. The summed E-state index contributed by atoms with van der Waals surface area (Å²) in [6.45, 7) is 0. The molecule has 0 aliphatic carbocycles. The van der Waals surface area contributed by atoms with Crippen molar-refractivity contribution in [1.29, 1.82) is 0 Å².